The van der Waals surface area contributed by atoms with Crippen molar-refractivity contribution in [3.05, 3.63) is 47.6 Å². The Bertz CT molecular complexity index is 478. The van der Waals surface area contributed by atoms with Crippen LogP contribution < -0.4 is 0 Å². The van der Waals surface area contributed by atoms with Crippen molar-refractivity contribution in [2.24, 2.45) is 0 Å². The third kappa shape index (κ3) is 1.86. The second-order valence-electron chi connectivity index (χ2n) is 3.22. The van der Waals surface area contributed by atoms with Gasteiger partial charge in [-0.2, -0.15) is 0 Å². The van der Waals surface area contributed by atoms with E-state index in [2.05, 4.69) is 0 Å². The number of ketones is 2. The van der Waals surface area contributed by atoms with Gasteiger partial charge in [0.2, 0.25) is 11.6 Å². The molecule has 1 aliphatic rings. The summed E-state index contributed by atoms with van der Waals surface area (Å²) in [6.07, 6.45) is 4.37. The Morgan fingerprint density at radius 3 is 2.20 bits per heavy atom. The van der Waals surface area contributed by atoms with E-state index in [1.807, 2.05) is 0 Å². The molecule has 15 heavy (non-hydrogen) atoms. The van der Waals surface area contributed by atoms with Crippen molar-refractivity contribution in [1.29, 1.82) is 0 Å². The molecule has 1 aliphatic carbocycles. The molecule has 0 saturated carbocycles. The third-order valence-electron chi connectivity index (χ3n) is 2.12. The molecule has 2 rings (SSSR count). The summed E-state index contributed by atoms with van der Waals surface area (Å²) in [5.74, 6) is -0.801. The summed E-state index contributed by atoms with van der Waals surface area (Å²) in [5, 5.41) is 9.06. The lowest BCUT2D eigenvalue weighted by Gasteiger charge is -1.95. The first kappa shape index (κ1) is 9.40. The molecule has 0 fully saturated rings. The van der Waals surface area contributed by atoms with Crippen LogP contribution in [0.5, 0.6) is 5.75 Å². The Morgan fingerprint density at radius 2 is 1.67 bits per heavy atom. The van der Waals surface area contributed by atoms with Crippen LogP contribution in [0.2, 0.25) is 0 Å². The summed E-state index contributed by atoms with van der Waals surface area (Å²) < 4.78 is 0. The summed E-state index contributed by atoms with van der Waals surface area (Å²) in [7, 11) is 0. The van der Waals surface area contributed by atoms with Crippen LogP contribution in [0.15, 0.2) is 42.0 Å². The topological polar surface area (TPSA) is 54.4 Å². The average molecular weight is 200 g/mol. The number of aromatic hydroxyl groups is 1. The number of phenols is 1. The molecule has 1 aromatic rings. The van der Waals surface area contributed by atoms with E-state index in [-0.39, 0.29) is 5.75 Å². The fraction of sp³-hybridized carbons (Fsp3) is 0. The molecule has 0 unspecified atom stereocenters. The van der Waals surface area contributed by atoms with Crippen LogP contribution in [-0.2, 0) is 9.59 Å². The fourth-order valence-corrected chi connectivity index (χ4v) is 1.32. The Morgan fingerprint density at radius 1 is 1.00 bits per heavy atom. The van der Waals surface area contributed by atoms with Crippen LogP contribution in [0.25, 0.3) is 6.08 Å². The summed E-state index contributed by atoms with van der Waals surface area (Å²) in [4.78, 5) is 22.2. The van der Waals surface area contributed by atoms with Crippen LogP contribution in [0.3, 0.4) is 0 Å². The van der Waals surface area contributed by atoms with Crippen LogP contribution in [0.4, 0.5) is 0 Å². The number of allylic oxidation sites excluding steroid dienone is 3. The Kier molecular flexibility index (Phi) is 2.21. The monoisotopic (exact) mass is 200 g/mol. The molecule has 0 heterocycles. The van der Waals surface area contributed by atoms with Crippen molar-refractivity contribution in [2.45, 2.75) is 0 Å². The lowest BCUT2D eigenvalue weighted by atomic mass is 10.1. The average Bonchev–Trinajstić information content (AvgIpc) is 2.53. The molecular weight excluding hydrogens is 192 g/mol. The zero-order chi connectivity index (χ0) is 10.8. The van der Waals surface area contributed by atoms with Crippen LogP contribution in [0, 0.1) is 0 Å². The van der Waals surface area contributed by atoms with E-state index in [1.165, 1.54) is 24.3 Å². The minimum Gasteiger partial charge on any atom is -0.508 e. The summed E-state index contributed by atoms with van der Waals surface area (Å²) in [5.41, 5.74) is 1.15. The van der Waals surface area contributed by atoms with E-state index >= 15 is 0 Å². The number of carbonyl (C=O) groups is 2. The Labute approximate surface area is 86.4 Å². The predicted molar refractivity (Wildman–Crippen MR) is 55.2 cm³/mol. The van der Waals surface area contributed by atoms with Gasteiger partial charge >= 0.3 is 0 Å². The van der Waals surface area contributed by atoms with Crippen molar-refractivity contribution in [3.63, 3.8) is 0 Å². The zero-order valence-electron chi connectivity index (χ0n) is 7.81. The first-order valence-corrected chi connectivity index (χ1v) is 4.44. The smallest absolute Gasteiger partial charge is 0.232 e. The molecule has 1 aromatic carbocycles. The van der Waals surface area contributed by atoms with Gasteiger partial charge in [0.1, 0.15) is 5.75 Å². The van der Waals surface area contributed by atoms with E-state index in [0.29, 0.717) is 5.57 Å². The van der Waals surface area contributed by atoms with Crippen molar-refractivity contribution in [3.8, 4) is 5.75 Å². The fourth-order valence-electron chi connectivity index (χ4n) is 1.32. The second kappa shape index (κ2) is 3.53. The Balaban J connectivity index is 2.32. The molecule has 0 aromatic heterocycles. The van der Waals surface area contributed by atoms with E-state index < -0.39 is 11.6 Å². The summed E-state index contributed by atoms with van der Waals surface area (Å²) in [6.45, 7) is 0. The number of phenolic OH excluding ortho intramolecular Hbond substituents is 1. The van der Waals surface area contributed by atoms with E-state index in [1.54, 1.807) is 18.2 Å². The second-order valence-corrected chi connectivity index (χ2v) is 3.22. The molecule has 0 amide bonds. The summed E-state index contributed by atoms with van der Waals surface area (Å²) >= 11 is 0. The zero-order valence-corrected chi connectivity index (χ0v) is 7.81. The quantitative estimate of drug-likeness (QED) is 0.552. The predicted octanol–water partition coefficient (Wildman–Crippen LogP) is 1.48. The van der Waals surface area contributed by atoms with Crippen molar-refractivity contribution in [2.75, 3.05) is 0 Å². The largest absolute Gasteiger partial charge is 0.508 e. The molecule has 0 radical (unpaired) electrons. The van der Waals surface area contributed by atoms with E-state index in [4.69, 9.17) is 5.11 Å². The highest BCUT2D eigenvalue weighted by Crippen LogP contribution is 2.16. The number of hydrogen-bond acceptors (Lipinski definition) is 3. The van der Waals surface area contributed by atoms with Gasteiger partial charge in [0.25, 0.3) is 0 Å². The number of benzene rings is 1. The van der Waals surface area contributed by atoms with Gasteiger partial charge in [0, 0.05) is 5.57 Å². The normalized spacial score (nSPS) is 17.7. The molecule has 74 valence electrons. The maximum Gasteiger partial charge on any atom is 0.232 e. The van der Waals surface area contributed by atoms with Crippen molar-refractivity contribution >= 4 is 17.6 Å². The maximum absolute atomic E-state index is 11.2. The van der Waals surface area contributed by atoms with E-state index in [9.17, 15) is 9.59 Å². The highest BCUT2D eigenvalue weighted by Gasteiger charge is 2.20. The molecule has 0 saturated heterocycles. The number of carbonyl (C=O) groups excluding carboxylic acids is 2. The molecule has 3 heteroatoms. The first-order chi connectivity index (χ1) is 7.16. The number of Topliss-reactive ketones (excluding diaryl/α,β-unsaturated/α-hetero) is 1. The van der Waals surface area contributed by atoms with Crippen molar-refractivity contribution in [1.82, 2.24) is 0 Å². The number of rotatable bonds is 1. The molecule has 0 atom stereocenters. The van der Waals surface area contributed by atoms with Crippen LogP contribution in [-0.4, -0.2) is 16.7 Å². The van der Waals surface area contributed by atoms with Gasteiger partial charge in [-0.1, -0.05) is 12.1 Å². The van der Waals surface area contributed by atoms with Gasteiger partial charge in [0.15, 0.2) is 0 Å². The molecule has 3 nitrogen and oxygen atoms in total. The Hall–Kier alpha value is -2.16. The highest BCUT2D eigenvalue weighted by atomic mass is 16.3. The van der Waals surface area contributed by atoms with Gasteiger partial charge in [-0.3, -0.25) is 9.59 Å². The van der Waals surface area contributed by atoms with Gasteiger partial charge in [-0.25, -0.2) is 0 Å². The van der Waals surface area contributed by atoms with E-state index in [0.717, 1.165) is 5.56 Å². The lowest BCUT2D eigenvalue weighted by Crippen LogP contribution is -2.05. The van der Waals surface area contributed by atoms with Gasteiger partial charge in [0.05, 0.1) is 0 Å². The highest BCUT2D eigenvalue weighted by molar-refractivity contribution is 6.51. The first-order valence-electron chi connectivity index (χ1n) is 4.44. The van der Waals surface area contributed by atoms with Gasteiger partial charge < -0.3 is 5.11 Å². The minimum atomic E-state index is -0.486. The maximum atomic E-state index is 11.2. The molecule has 0 bridgehead atoms. The van der Waals surface area contributed by atoms with Gasteiger partial charge in [-0.05, 0) is 35.9 Å². The minimum absolute atomic E-state index is 0.168. The lowest BCUT2D eigenvalue weighted by molar-refractivity contribution is -0.130. The molecule has 1 N–H and O–H groups in total. The summed E-state index contributed by atoms with van der Waals surface area (Å²) in [6, 6.07) is 6.40. The standard InChI is InChI=1S/C12H8O3/c13-10-4-1-8(2-5-10)7-9-3-6-11(14)12(9)15/h1-7,13H/b9-7+. The van der Waals surface area contributed by atoms with Gasteiger partial charge in [-0.15, -0.1) is 0 Å². The third-order valence-corrected chi connectivity index (χ3v) is 2.12. The number of hydrogen-bond donors (Lipinski definition) is 1. The van der Waals surface area contributed by atoms with Crippen LogP contribution in [0.1, 0.15) is 5.56 Å². The van der Waals surface area contributed by atoms with Crippen LogP contribution >= 0.6 is 0 Å². The molecular formula is C12H8O3. The van der Waals surface area contributed by atoms with Crippen molar-refractivity contribution < 1.29 is 14.7 Å². The molecule has 0 aliphatic heterocycles. The molecule has 0 spiro atoms. The SMILES string of the molecule is O=C1C=C/C(=C\c2ccc(O)cc2)C1=O.